The average molecular weight is 483 g/mol. The van der Waals surface area contributed by atoms with Crippen LogP contribution in [0.25, 0.3) is 11.2 Å². The third-order valence-electron chi connectivity index (χ3n) is 5.28. The molecule has 0 spiro atoms. The molecule has 4 atom stereocenters. The van der Waals surface area contributed by atoms with E-state index in [1.54, 1.807) is 4.57 Å². The van der Waals surface area contributed by atoms with Crippen molar-refractivity contribution < 1.29 is 33.3 Å². The predicted molar refractivity (Wildman–Crippen MR) is 121 cm³/mol. The summed E-state index contributed by atoms with van der Waals surface area (Å²) in [6, 6.07) is 9.79. The smallest absolute Gasteiger partial charge is 0.303 e. The van der Waals surface area contributed by atoms with Crippen LogP contribution < -0.4 is 5.32 Å². The fraction of sp³-hybridized carbons (Fsp3) is 0.391. The van der Waals surface area contributed by atoms with E-state index in [2.05, 4.69) is 20.3 Å². The van der Waals surface area contributed by atoms with Crippen molar-refractivity contribution in [3.63, 3.8) is 0 Å². The van der Waals surface area contributed by atoms with Gasteiger partial charge in [-0.25, -0.2) is 15.0 Å². The average Bonchev–Trinajstić information content (AvgIpc) is 3.38. The Morgan fingerprint density at radius 3 is 2.37 bits per heavy atom. The highest BCUT2D eigenvalue weighted by atomic mass is 16.7. The summed E-state index contributed by atoms with van der Waals surface area (Å²) < 4.78 is 23.6. The first-order valence-electron chi connectivity index (χ1n) is 10.9. The van der Waals surface area contributed by atoms with Crippen LogP contribution >= 0.6 is 0 Å². The number of nitrogens with zero attached hydrogens (tertiary/aromatic N) is 4. The largest absolute Gasteiger partial charge is 0.463 e. The van der Waals surface area contributed by atoms with Gasteiger partial charge in [0.2, 0.25) is 0 Å². The minimum absolute atomic E-state index is 0.201. The molecule has 2 aromatic heterocycles. The molecule has 0 saturated carbocycles. The standard InChI is InChI=1S/C23H25N5O7/c1-13(29)32-10-17-19(33-14(2)30)20(34-15(3)31)23(35-17)28-12-27-18-21(25-11-26-22(18)28)24-9-16-7-5-4-6-8-16/h4-8,11-12,17,19-20,23H,9-10H2,1-3H3,(H,24,25,26)/t17-,19?,20?,23-/m1/s1. The number of aromatic nitrogens is 4. The molecule has 1 fully saturated rings. The minimum Gasteiger partial charge on any atom is -0.463 e. The zero-order valence-corrected chi connectivity index (χ0v) is 19.4. The monoisotopic (exact) mass is 483 g/mol. The third kappa shape index (κ3) is 5.54. The number of hydrogen-bond donors (Lipinski definition) is 1. The lowest BCUT2D eigenvalue weighted by molar-refractivity contribution is -0.166. The molecular weight excluding hydrogens is 458 g/mol. The van der Waals surface area contributed by atoms with E-state index in [9.17, 15) is 14.4 Å². The number of rotatable bonds is 8. The molecule has 35 heavy (non-hydrogen) atoms. The van der Waals surface area contributed by atoms with Crippen molar-refractivity contribution >= 4 is 34.9 Å². The quantitative estimate of drug-likeness (QED) is 0.370. The van der Waals surface area contributed by atoms with Crippen molar-refractivity contribution in [2.24, 2.45) is 0 Å². The number of esters is 3. The highest BCUT2D eigenvalue weighted by Gasteiger charge is 2.51. The van der Waals surface area contributed by atoms with E-state index in [-0.39, 0.29) is 6.61 Å². The highest BCUT2D eigenvalue weighted by Crippen LogP contribution is 2.36. The van der Waals surface area contributed by atoms with Gasteiger partial charge in [0.1, 0.15) is 19.0 Å². The normalized spacial score (nSPS) is 21.5. The summed E-state index contributed by atoms with van der Waals surface area (Å²) in [5.41, 5.74) is 1.94. The van der Waals surface area contributed by atoms with Crippen molar-refractivity contribution in [2.45, 2.75) is 51.9 Å². The molecule has 3 heterocycles. The number of nitrogens with one attached hydrogen (secondary N) is 1. The second-order valence-corrected chi connectivity index (χ2v) is 7.90. The summed E-state index contributed by atoms with van der Waals surface area (Å²) in [5, 5.41) is 3.25. The van der Waals surface area contributed by atoms with Crippen LogP contribution in [0.15, 0.2) is 43.0 Å². The molecule has 0 bridgehead atoms. The van der Waals surface area contributed by atoms with Crippen molar-refractivity contribution in [1.82, 2.24) is 19.5 Å². The molecule has 0 aliphatic carbocycles. The maximum atomic E-state index is 11.9. The van der Waals surface area contributed by atoms with Crippen molar-refractivity contribution in [3.05, 3.63) is 48.5 Å². The molecule has 1 N–H and O–H groups in total. The second kappa shape index (κ2) is 10.5. The number of carbonyl (C=O) groups excluding carboxylic acids is 3. The predicted octanol–water partition coefficient (Wildman–Crippen LogP) is 1.76. The summed E-state index contributed by atoms with van der Waals surface area (Å²) >= 11 is 0. The highest BCUT2D eigenvalue weighted by molar-refractivity contribution is 5.82. The molecule has 1 aliphatic rings. The molecule has 0 amide bonds. The second-order valence-electron chi connectivity index (χ2n) is 7.90. The van der Waals surface area contributed by atoms with Gasteiger partial charge in [0, 0.05) is 27.3 Å². The number of anilines is 1. The van der Waals surface area contributed by atoms with Crippen LogP contribution in [-0.4, -0.2) is 62.3 Å². The zero-order valence-electron chi connectivity index (χ0n) is 19.4. The Morgan fingerprint density at radius 1 is 0.971 bits per heavy atom. The van der Waals surface area contributed by atoms with Gasteiger partial charge in [-0.05, 0) is 5.56 Å². The molecule has 12 nitrogen and oxygen atoms in total. The fourth-order valence-electron chi connectivity index (χ4n) is 3.87. The summed E-state index contributed by atoms with van der Waals surface area (Å²) in [5.74, 6) is -1.22. The maximum Gasteiger partial charge on any atom is 0.303 e. The summed E-state index contributed by atoms with van der Waals surface area (Å²) in [6.45, 7) is 4.04. The molecular formula is C23H25N5O7. The van der Waals surface area contributed by atoms with Crippen LogP contribution in [0, 0.1) is 0 Å². The van der Waals surface area contributed by atoms with Gasteiger partial charge in [0.25, 0.3) is 0 Å². The lowest BCUT2D eigenvalue weighted by atomic mass is 10.1. The SMILES string of the molecule is CC(=O)OC[C@H]1O[C@@H](n2cnc3c(NCc4ccccc4)ncnc32)C(OC(C)=O)C1OC(C)=O. The number of imidazole rings is 1. The van der Waals surface area contributed by atoms with E-state index in [1.807, 2.05) is 30.3 Å². The number of hydrogen-bond acceptors (Lipinski definition) is 11. The van der Waals surface area contributed by atoms with Crippen LogP contribution in [0.4, 0.5) is 5.82 Å². The lowest BCUT2D eigenvalue weighted by Crippen LogP contribution is -2.40. The number of ether oxygens (including phenoxy) is 4. The van der Waals surface area contributed by atoms with E-state index in [0.29, 0.717) is 23.5 Å². The van der Waals surface area contributed by atoms with Crippen LogP contribution in [0.3, 0.4) is 0 Å². The van der Waals surface area contributed by atoms with Crippen LogP contribution in [-0.2, 0) is 39.9 Å². The van der Waals surface area contributed by atoms with Gasteiger partial charge in [-0.3, -0.25) is 19.0 Å². The topological polar surface area (TPSA) is 144 Å². The van der Waals surface area contributed by atoms with E-state index in [0.717, 1.165) is 5.56 Å². The van der Waals surface area contributed by atoms with Crippen LogP contribution in [0.1, 0.15) is 32.6 Å². The van der Waals surface area contributed by atoms with Crippen molar-refractivity contribution in [3.8, 4) is 0 Å². The Hall–Kier alpha value is -4.06. The third-order valence-corrected chi connectivity index (χ3v) is 5.28. The Kier molecular flexibility index (Phi) is 7.20. The molecule has 4 rings (SSSR count). The van der Waals surface area contributed by atoms with Crippen LogP contribution in [0.2, 0.25) is 0 Å². The molecule has 12 heteroatoms. The molecule has 1 saturated heterocycles. The van der Waals surface area contributed by atoms with Gasteiger partial charge in [-0.15, -0.1) is 0 Å². The molecule has 3 aromatic rings. The first-order valence-corrected chi connectivity index (χ1v) is 10.9. The maximum absolute atomic E-state index is 11.9. The Balaban J connectivity index is 1.65. The van der Waals surface area contributed by atoms with E-state index in [4.69, 9.17) is 18.9 Å². The number of carbonyl (C=O) groups is 3. The van der Waals surface area contributed by atoms with E-state index in [1.165, 1.54) is 33.4 Å². The van der Waals surface area contributed by atoms with Gasteiger partial charge < -0.3 is 24.3 Å². The van der Waals surface area contributed by atoms with Gasteiger partial charge in [-0.1, -0.05) is 30.3 Å². The van der Waals surface area contributed by atoms with E-state index < -0.39 is 42.4 Å². The van der Waals surface area contributed by atoms with Gasteiger partial charge in [0.05, 0.1) is 6.33 Å². The van der Waals surface area contributed by atoms with Crippen LogP contribution in [0.5, 0.6) is 0 Å². The molecule has 0 radical (unpaired) electrons. The fourth-order valence-corrected chi connectivity index (χ4v) is 3.87. The first-order chi connectivity index (χ1) is 16.8. The molecule has 2 unspecified atom stereocenters. The molecule has 1 aromatic carbocycles. The van der Waals surface area contributed by atoms with Crippen molar-refractivity contribution in [1.29, 1.82) is 0 Å². The Labute approximate surface area is 200 Å². The Bertz CT molecular complexity index is 1220. The summed E-state index contributed by atoms with van der Waals surface area (Å²) in [6.07, 6.45) is -1.03. The first kappa shape index (κ1) is 24.1. The lowest BCUT2D eigenvalue weighted by Gasteiger charge is -2.23. The number of benzene rings is 1. The summed E-state index contributed by atoms with van der Waals surface area (Å²) in [4.78, 5) is 48.1. The van der Waals surface area contributed by atoms with Gasteiger partial charge >= 0.3 is 17.9 Å². The minimum atomic E-state index is -1.04. The van der Waals surface area contributed by atoms with Gasteiger partial charge in [-0.2, -0.15) is 0 Å². The molecule has 1 aliphatic heterocycles. The Morgan fingerprint density at radius 2 is 1.69 bits per heavy atom. The molecule has 184 valence electrons. The zero-order chi connectivity index (χ0) is 24.9. The number of fused-ring (bicyclic) bond motifs is 1. The van der Waals surface area contributed by atoms with Crippen molar-refractivity contribution in [2.75, 3.05) is 11.9 Å². The summed E-state index contributed by atoms with van der Waals surface area (Å²) in [7, 11) is 0. The van der Waals surface area contributed by atoms with E-state index >= 15 is 0 Å². The van der Waals surface area contributed by atoms with Gasteiger partial charge in [0.15, 0.2) is 35.4 Å².